The van der Waals surface area contributed by atoms with Crippen LogP contribution in [0.15, 0.2) is 70.1 Å². The van der Waals surface area contributed by atoms with Gasteiger partial charge in [-0.2, -0.15) is 8.42 Å². The van der Waals surface area contributed by atoms with Crippen LogP contribution in [0, 0.1) is 6.92 Å². The zero-order valence-electron chi connectivity index (χ0n) is 12.4. The highest BCUT2D eigenvalue weighted by molar-refractivity contribution is 7.90. The minimum Gasteiger partial charge on any atom is -0.335 e. The Hall–Kier alpha value is -2.40. The first-order valence-corrected chi connectivity index (χ1v) is 8.33. The van der Waals surface area contributed by atoms with Crippen molar-refractivity contribution in [3.05, 3.63) is 71.8 Å². The molecular weight excluding hydrogens is 296 g/mol. The molecule has 0 aliphatic rings. The predicted molar refractivity (Wildman–Crippen MR) is 86.8 cm³/mol. The summed E-state index contributed by atoms with van der Waals surface area (Å²) in [5, 5.41) is 2.00. The van der Waals surface area contributed by atoms with E-state index < -0.39 is 10.0 Å². The summed E-state index contributed by atoms with van der Waals surface area (Å²) in [6, 6.07) is 16.3. The van der Waals surface area contributed by atoms with Gasteiger partial charge in [0.2, 0.25) is 0 Å². The van der Waals surface area contributed by atoms with Crippen LogP contribution in [0.25, 0.3) is 10.8 Å². The van der Waals surface area contributed by atoms with Crippen molar-refractivity contribution in [2.45, 2.75) is 11.8 Å². The van der Waals surface area contributed by atoms with Crippen LogP contribution < -0.4 is 5.49 Å². The molecule has 0 saturated heterocycles. The summed E-state index contributed by atoms with van der Waals surface area (Å²) in [7, 11) is -1.93. The molecule has 0 amide bonds. The van der Waals surface area contributed by atoms with Crippen LogP contribution in [0.2, 0.25) is 0 Å². The molecule has 3 aromatic rings. The van der Waals surface area contributed by atoms with E-state index in [1.165, 1.54) is 0 Å². The topological polar surface area (TPSA) is 51.4 Å². The SMILES string of the molecule is Cc1ccc(S(=O)(=O)N=c2cc3ccccc3cn2C)cc1. The van der Waals surface area contributed by atoms with Gasteiger partial charge in [-0.05, 0) is 35.9 Å². The third-order valence-electron chi connectivity index (χ3n) is 3.51. The van der Waals surface area contributed by atoms with Gasteiger partial charge in [0.05, 0.1) is 4.90 Å². The Morgan fingerprint density at radius 3 is 2.27 bits per heavy atom. The van der Waals surface area contributed by atoms with Crippen LogP contribution in [-0.2, 0) is 17.1 Å². The lowest BCUT2D eigenvalue weighted by Gasteiger charge is -2.04. The number of hydrogen-bond donors (Lipinski definition) is 0. The normalized spacial score (nSPS) is 12.7. The first-order chi connectivity index (χ1) is 10.5. The third-order valence-corrected chi connectivity index (χ3v) is 4.80. The second-order valence-corrected chi connectivity index (χ2v) is 6.85. The maximum Gasteiger partial charge on any atom is 0.284 e. The van der Waals surface area contributed by atoms with E-state index >= 15 is 0 Å². The molecule has 1 heterocycles. The zero-order valence-corrected chi connectivity index (χ0v) is 13.2. The van der Waals surface area contributed by atoms with Crippen LogP contribution in [0.3, 0.4) is 0 Å². The summed E-state index contributed by atoms with van der Waals surface area (Å²) in [5.41, 5.74) is 1.41. The summed E-state index contributed by atoms with van der Waals surface area (Å²) in [5.74, 6) is 0. The van der Waals surface area contributed by atoms with Crippen LogP contribution in [0.5, 0.6) is 0 Å². The van der Waals surface area contributed by atoms with Crippen molar-refractivity contribution in [2.75, 3.05) is 0 Å². The fourth-order valence-corrected chi connectivity index (χ4v) is 3.27. The Balaban J connectivity index is 2.19. The number of aryl methyl sites for hydroxylation is 2. The van der Waals surface area contributed by atoms with Gasteiger partial charge < -0.3 is 4.57 Å². The molecule has 0 aliphatic carbocycles. The Morgan fingerprint density at radius 1 is 0.955 bits per heavy atom. The van der Waals surface area contributed by atoms with Gasteiger partial charge >= 0.3 is 0 Å². The number of fused-ring (bicyclic) bond motifs is 1. The van der Waals surface area contributed by atoms with Crippen molar-refractivity contribution >= 4 is 20.8 Å². The molecule has 2 aromatic carbocycles. The van der Waals surface area contributed by atoms with Gasteiger partial charge in [-0.3, -0.25) is 0 Å². The van der Waals surface area contributed by atoms with Crippen molar-refractivity contribution in [3.63, 3.8) is 0 Å². The van der Waals surface area contributed by atoms with Crippen LogP contribution in [0.4, 0.5) is 0 Å². The molecule has 112 valence electrons. The Labute approximate surface area is 129 Å². The molecule has 0 atom stereocenters. The predicted octanol–water partition coefficient (Wildman–Crippen LogP) is 2.78. The number of sulfonamides is 1. The van der Waals surface area contributed by atoms with E-state index in [1.54, 1.807) is 41.9 Å². The Kier molecular flexibility index (Phi) is 3.58. The van der Waals surface area contributed by atoms with Crippen LogP contribution >= 0.6 is 0 Å². The Morgan fingerprint density at radius 2 is 1.59 bits per heavy atom. The summed E-state index contributed by atoms with van der Waals surface area (Å²) in [6.45, 7) is 1.91. The number of hydrogen-bond acceptors (Lipinski definition) is 2. The largest absolute Gasteiger partial charge is 0.335 e. The first kappa shape index (κ1) is 14.5. The quantitative estimate of drug-likeness (QED) is 0.730. The van der Waals surface area contributed by atoms with E-state index in [0.29, 0.717) is 5.49 Å². The monoisotopic (exact) mass is 312 g/mol. The molecule has 5 heteroatoms. The second kappa shape index (κ2) is 5.42. The van der Waals surface area contributed by atoms with Gasteiger partial charge in [0.15, 0.2) is 0 Å². The van der Waals surface area contributed by atoms with Crippen molar-refractivity contribution in [1.29, 1.82) is 0 Å². The molecular formula is C17H16N2O2S. The molecule has 0 N–H and O–H groups in total. The van der Waals surface area contributed by atoms with E-state index in [0.717, 1.165) is 16.3 Å². The van der Waals surface area contributed by atoms with E-state index in [4.69, 9.17) is 0 Å². The summed E-state index contributed by atoms with van der Waals surface area (Å²) in [6.07, 6.45) is 1.87. The lowest BCUT2D eigenvalue weighted by Crippen LogP contribution is -2.19. The molecule has 0 unspecified atom stereocenters. The maximum atomic E-state index is 12.4. The van der Waals surface area contributed by atoms with Crippen molar-refractivity contribution in [3.8, 4) is 0 Å². The molecule has 0 saturated carbocycles. The van der Waals surface area contributed by atoms with Gasteiger partial charge in [-0.1, -0.05) is 42.0 Å². The van der Waals surface area contributed by atoms with Gasteiger partial charge in [0, 0.05) is 13.2 Å². The van der Waals surface area contributed by atoms with E-state index in [2.05, 4.69) is 4.40 Å². The number of aromatic nitrogens is 1. The Bertz CT molecular complexity index is 1000. The highest BCUT2D eigenvalue weighted by Crippen LogP contribution is 2.13. The average Bonchev–Trinajstić information content (AvgIpc) is 2.48. The lowest BCUT2D eigenvalue weighted by atomic mass is 10.2. The number of pyridine rings is 1. The smallest absolute Gasteiger partial charge is 0.284 e. The van der Waals surface area contributed by atoms with E-state index in [9.17, 15) is 8.42 Å². The van der Waals surface area contributed by atoms with Crippen molar-refractivity contribution < 1.29 is 8.42 Å². The van der Waals surface area contributed by atoms with Crippen LogP contribution in [-0.4, -0.2) is 13.0 Å². The van der Waals surface area contributed by atoms with Gasteiger partial charge in [-0.15, -0.1) is 4.40 Å². The number of nitrogens with zero attached hydrogens (tertiary/aromatic N) is 2. The number of rotatable bonds is 2. The lowest BCUT2D eigenvalue weighted by molar-refractivity contribution is 0.595. The molecule has 0 spiro atoms. The fourth-order valence-electron chi connectivity index (χ4n) is 2.25. The molecule has 0 radical (unpaired) electrons. The van der Waals surface area contributed by atoms with Crippen LogP contribution in [0.1, 0.15) is 5.56 Å². The molecule has 1 aromatic heterocycles. The molecule has 0 bridgehead atoms. The summed E-state index contributed by atoms with van der Waals surface area (Å²) < 4.78 is 30.5. The first-order valence-electron chi connectivity index (χ1n) is 6.89. The van der Waals surface area contributed by atoms with Crippen molar-refractivity contribution in [1.82, 2.24) is 4.57 Å². The average molecular weight is 312 g/mol. The van der Waals surface area contributed by atoms with Gasteiger partial charge in [0.1, 0.15) is 5.49 Å². The highest BCUT2D eigenvalue weighted by atomic mass is 32.2. The standard InChI is InChI=1S/C17H16N2O2S/c1-13-7-9-16(10-8-13)22(20,21)18-17-11-14-5-3-4-6-15(14)12-19(17)2/h3-12H,1-2H3. The molecule has 0 aliphatic heterocycles. The maximum absolute atomic E-state index is 12.4. The minimum absolute atomic E-state index is 0.200. The fraction of sp³-hybridized carbons (Fsp3) is 0.118. The summed E-state index contributed by atoms with van der Waals surface area (Å²) in [4.78, 5) is 0.200. The molecule has 3 rings (SSSR count). The van der Waals surface area contributed by atoms with E-state index in [-0.39, 0.29) is 4.90 Å². The minimum atomic E-state index is -3.72. The van der Waals surface area contributed by atoms with Gasteiger partial charge in [0.25, 0.3) is 10.0 Å². The molecule has 0 fully saturated rings. The molecule has 4 nitrogen and oxygen atoms in total. The second-order valence-electron chi connectivity index (χ2n) is 5.25. The number of benzene rings is 2. The molecule has 22 heavy (non-hydrogen) atoms. The highest BCUT2D eigenvalue weighted by Gasteiger charge is 2.12. The van der Waals surface area contributed by atoms with E-state index in [1.807, 2.05) is 37.4 Å². The summed E-state index contributed by atoms with van der Waals surface area (Å²) >= 11 is 0. The van der Waals surface area contributed by atoms with Crippen molar-refractivity contribution in [2.24, 2.45) is 11.4 Å². The van der Waals surface area contributed by atoms with Gasteiger partial charge in [-0.25, -0.2) is 0 Å². The zero-order chi connectivity index (χ0) is 15.7. The third kappa shape index (κ3) is 2.80.